The lowest BCUT2D eigenvalue weighted by molar-refractivity contribution is -0.122. The highest BCUT2D eigenvalue weighted by Crippen LogP contribution is 2.24. The zero-order valence-corrected chi connectivity index (χ0v) is 14.9. The molecule has 1 N–H and O–H groups in total. The molecule has 0 aliphatic carbocycles. The van der Waals surface area contributed by atoms with E-state index in [0.717, 1.165) is 4.90 Å². The maximum atomic E-state index is 12.0. The Bertz CT molecular complexity index is 670. The highest BCUT2D eigenvalue weighted by molar-refractivity contribution is 7.99. The van der Waals surface area contributed by atoms with E-state index < -0.39 is 15.4 Å². The topological polar surface area (TPSA) is 63.2 Å². The molecule has 6 heteroatoms. The van der Waals surface area contributed by atoms with Gasteiger partial charge < -0.3 is 5.32 Å². The molecule has 2 rings (SSSR count). The summed E-state index contributed by atoms with van der Waals surface area (Å²) < 4.78 is 23.1. The molecule has 0 saturated carbocycles. The van der Waals surface area contributed by atoms with Gasteiger partial charge >= 0.3 is 0 Å². The summed E-state index contributed by atoms with van der Waals surface area (Å²) in [6.45, 7) is 5.97. The molecule has 22 heavy (non-hydrogen) atoms. The lowest BCUT2D eigenvalue weighted by Gasteiger charge is -2.23. The number of thioether (sulfide) groups is 1. The van der Waals surface area contributed by atoms with Crippen LogP contribution in [0.1, 0.15) is 30.9 Å². The molecule has 1 aromatic carbocycles. The van der Waals surface area contributed by atoms with E-state index in [1.54, 1.807) is 11.8 Å². The first-order chi connectivity index (χ1) is 10.2. The number of hydrogen-bond acceptors (Lipinski definition) is 4. The average Bonchev–Trinajstić information content (AvgIpc) is 2.67. The predicted octanol–water partition coefficient (Wildman–Crippen LogP) is 2.48. The number of carbonyl (C=O) groups is 1. The van der Waals surface area contributed by atoms with E-state index in [4.69, 9.17) is 0 Å². The van der Waals surface area contributed by atoms with E-state index in [1.807, 2.05) is 6.92 Å². The summed E-state index contributed by atoms with van der Waals surface area (Å²) in [4.78, 5) is 13.2. The number of aryl methyl sites for hydroxylation is 2. The second-order valence-corrected chi connectivity index (χ2v) is 9.65. The molecule has 1 aliphatic rings. The second-order valence-electron chi connectivity index (χ2n) is 6.30. The smallest absolute Gasteiger partial charge is 0.221 e. The Morgan fingerprint density at radius 3 is 2.64 bits per heavy atom. The fraction of sp³-hybridized carbons (Fsp3) is 0.562. The van der Waals surface area contributed by atoms with Gasteiger partial charge in [0.1, 0.15) is 0 Å². The van der Waals surface area contributed by atoms with Crippen LogP contribution in [0.5, 0.6) is 0 Å². The van der Waals surface area contributed by atoms with Gasteiger partial charge in [-0.1, -0.05) is 6.07 Å². The first kappa shape index (κ1) is 17.3. The maximum Gasteiger partial charge on any atom is 0.221 e. The average molecular weight is 341 g/mol. The van der Waals surface area contributed by atoms with Gasteiger partial charge in [-0.15, -0.1) is 11.8 Å². The number of carbonyl (C=O) groups excluding carboxylic acids is 1. The van der Waals surface area contributed by atoms with Crippen molar-refractivity contribution in [2.45, 2.75) is 44.0 Å². The highest BCUT2D eigenvalue weighted by atomic mass is 32.2. The van der Waals surface area contributed by atoms with Crippen molar-refractivity contribution in [3.63, 3.8) is 0 Å². The van der Waals surface area contributed by atoms with Gasteiger partial charge in [0.2, 0.25) is 5.91 Å². The quantitative estimate of drug-likeness (QED) is 0.836. The fourth-order valence-corrected chi connectivity index (χ4v) is 5.61. The highest BCUT2D eigenvalue weighted by Gasteiger charge is 2.39. The van der Waals surface area contributed by atoms with Crippen LogP contribution in [0, 0.1) is 13.8 Å². The summed E-state index contributed by atoms with van der Waals surface area (Å²) in [6, 6.07) is 6.28. The van der Waals surface area contributed by atoms with Crippen LogP contribution < -0.4 is 5.32 Å². The van der Waals surface area contributed by atoms with Crippen molar-refractivity contribution >= 4 is 27.5 Å². The normalized spacial score (nSPS) is 23.4. The van der Waals surface area contributed by atoms with E-state index in [9.17, 15) is 13.2 Å². The molecule has 1 heterocycles. The van der Waals surface area contributed by atoms with Crippen molar-refractivity contribution in [1.82, 2.24) is 5.32 Å². The summed E-state index contributed by atoms with van der Waals surface area (Å²) in [7, 11) is -2.99. The van der Waals surface area contributed by atoms with Crippen molar-refractivity contribution in [3.8, 4) is 0 Å². The van der Waals surface area contributed by atoms with Crippen LogP contribution in [-0.4, -0.2) is 37.1 Å². The summed E-state index contributed by atoms with van der Waals surface area (Å²) in [5, 5.41) is 2.89. The van der Waals surface area contributed by atoms with Gasteiger partial charge in [-0.25, -0.2) is 8.42 Å². The molecule has 1 aromatic rings. The largest absolute Gasteiger partial charge is 0.350 e. The predicted molar refractivity (Wildman–Crippen MR) is 91.1 cm³/mol. The molecule has 0 aromatic heterocycles. The zero-order valence-electron chi connectivity index (χ0n) is 13.3. The second kappa shape index (κ2) is 6.62. The Morgan fingerprint density at radius 1 is 1.32 bits per heavy atom. The Hall–Kier alpha value is -1.01. The van der Waals surface area contributed by atoms with Gasteiger partial charge in [-0.05, 0) is 50.5 Å². The Kier molecular flexibility index (Phi) is 5.22. The van der Waals surface area contributed by atoms with Gasteiger partial charge in [0.25, 0.3) is 0 Å². The Labute approximate surface area is 137 Å². The van der Waals surface area contributed by atoms with Gasteiger partial charge in [0, 0.05) is 17.1 Å². The van der Waals surface area contributed by atoms with E-state index in [-0.39, 0.29) is 17.4 Å². The van der Waals surface area contributed by atoms with Gasteiger partial charge in [-0.3, -0.25) is 4.79 Å². The molecule has 1 aliphatic heterocycles. The van der Waals surface area contributed by atoms with Crippen LogP contribution in [0.2, 0.25) is 0 Å². The number of nitrogens with one attached hydrogen (secondary N) is 1. The first-order valence-electron chi connectivity index (χ1n) is 7.41. The van der Waals surface area contributed by atoms with E-state index >= 15 is 0 Å². The standard InChI is InChI=1S/C16H23NO3S2/c1-12-4-5-14(10-13(12)2)21-8-6-15(18)17-16(3)7-9-22(19,20)11-16/h4-5,10H,6-9,11H2,1-3H3,(H,17,18). The number of benzene rings is 1. The number of sulfone groups is 1. The lowest BCUT2D eigenvalue weighted by Crippen LogP contribution is -2.47. The summed E-state index contributed by atoms with van der Waals surface area (Å²) in [5.74, 6) is 0.838. The van der Waals surface area contributed by atoms with Crippen LogP contribution in [0.4, 0.5) is 0 Å². The SMILES string of the molecule is Cc1ccc(SCCC(=O)NC2(C)CCS(=O)(=O)C2)cc1C. The van der Waals surface area contributed by atoms with Crippen molar-refractivity contribution in [1.29, 1.82) is 0 Å². The molecule has 0 spiro atoms. The Morgan fingerprint density at radius 2 is 2.05 bits per heavy atom. The van der Waals surface area contributed by atoms with Crippen LogP contribution in [0.15, 0.2) is 23.1 Å². The van der Waals surface area contributed by atoms with Gasteiger partial charge in [0.05, 0.1) is 17.0 Å². The third kappa shape index (κ3) is 4.74. The van der Waals surface area contributed by atoms with E-state index in [1.165, 1.54) is 11.1 Å². The minimum atomic E-state index is -2.99. The van der Waals surface area contributed by atoms with Crippen molar-refractivity contribution in [2.24, 2.45) is 0 Å². The van der Waals surface area contributed by atoms with Crippen molar-refractivity contribution < 1.29 is 13.2 Å². The molecule has 1 atom stereocenters. The fourth-order valence-electron chi connectivity index (χ4n) is 2.57. The molecule has 1 amide bonds. The minimum Gasteiger partial charge on any atom is -0.350 e. The third-order valence-corrected chi connectivity index (χ3v) is 6.92. The third-order valence-electron chi connectivity index (χ3n) is 4.02. The van der Waals surface area contributed by atoms with Crippen LogP contribution in [0.3, 0.4) is 0 Å². The monoisotopic (exact) mass is 341 g/mol. The molecule has 1 fully saturated rings. The summed E-state index contributed by atoms with van der Waals surface area (Å²) in [6.07, 6.45) is 0.901. The van der Waals surface area contributed by atoms with Crippen molar-refractivity contribution in [2.75, 3.05) is 17.3 Å². The zero-order chi connectivity index (χ0) is 16.4. The Balaban J connectivity index is 1.80. The summed E-state index contributed by atoms with van der Waals surface area (Å²) in [5.41, 5.74) is 1.91. The van der Waals surface area contributed by atoms with Gasteiger partial charge in [-0.2, -0.15) is 0 Å². The first-order valence-corrected chi connectivity index (χ1v) is 10.2. The molecular weight excluding hydrogens is 318 g/mol. The molecule has 122 valence electrons. The van der Waals surface area contributed by atoms with E-state index in [0.29, 0.717) is 18.6 Å². The van der Waals surface area contributed by atoms with E-state index in [2.05, 4.69) is 37.4 Å². The van der Waals surface area contributed by atoms with Crippen molar-refractivity contribution in [3.05, 3.63) is 29.3 Å². The molecule has 4 nitrogen and oxygen atoms in total. The van der Waals surface area contributed by atoms with Crippen LogP contribution in [0.25, 0.3) is 0 Å². The molecule has 1 saturated heterocycles. The minimum absolute atomic E-state index is 0.0516. The molecule has 1 unspecified atom stereocenters. The maximum absolute atomic E-state index is 12.0. The van der Waals surface area contributed by atoms with Gasteiger partial charge in [0.15, 0.2) is 9.84 Å². The number of amides is 1. The number of rotatable bonds is 5. The molecule has 0 radical (unpaired) electrons. The summed E-state index contributed by atoms with van der Waals surface area (Å²) >= 11 is 1.65. The lowest BCUT2D eigenvalue weighted by atomic mass is 10.0. The van der Waals surface area contributed by atoms with Crippen LogP contribution >= 0.6 is 11.8 Å². The number of hydrogen-bond donors (Lipinski definition) is 1. The van der Waals surface area contributed by atoms with Crippen LogP contribution in [-0.2, 0) is 14.6 Å². The molecular formula is C16H23NO3S2. The molecule has 0 bridgehead atoms.